The zero-order chi connectivity index (χ0) is 13.4. The third-order valence-corrected chi connectivity index (χ3v) is 2.67. The van der Waals surface area contributed by atoms with Crippen LogP contribution in [0.2, 0.25) is 0 Å². The van der Waals surface area contributed by atoms with Crippen molar-refractivity contribution in [1.29, 1.82) is 0 Å². The molecule has 0 aliphatic carbocycles. The summed E-state index contributed by atoms with van der Waals surface area (Å²) in [6.07, 6.45) is 1.54. The minimum absolute atomic E-state index is 0.221. The summed E-state index contributed by atoms with van der Waals surface area (Å²) in [5.41, 5.74) is 7.87. The van der Waals surface area contributed by atoms with E-state index in [9.17, 15) is 4.79 Å². The molecule has 2 aromatic heterocycles. The van der Waals surface area contributed by atoms with E-state index in [0.717, 1.165) is 5.56 Å². The molecule has 7 heteroatoms. The van der Waals surface area contributed by atoms with Crippen LogP contribution in [-0.4, -0.2) is 30.7 Å². The lowest BCUT2D eigenvalue weighted by atomic mass is 10.1. The molecule has 2 heterocycles. The molecule has 0 atom stereocenters. The van der Waals surface area contributed by atoms with E-state index in [2.05, 4.69) is 15.1 Å². The van der Waals surface area contributed by atoms with E-state index in [0.29, 0.717) is 11.4 Å². The van der Waals surface area contributed by atoms with E-state index in [1.54, 1.807) is 12.1 Å². The van der Waals surface area contributed by atoms with Gasteiger partial charge in [-0.15, -0.1) is 5.10 Å². The predicted molar refractivity (Wildman–Crippen MR) is 67.6 cm³/mol. The van der Waals surface area contributed by atoms with Crippen molar-refractivity contribution in [2.75, 3.05) is 5.73 Å². The standard InChI is InChI=1S/C12H9N5O2/c13-8-4-2-1-3-7(8)9-5-6-14-12-15-10(11(18)19)16-17(9)12/h1-6H,13H2,(H,18,19). The number of nitrogen functional groups attached to an aromatic ring is 1. The molecule has 3 N–H and O–H groups in total. The number of aromatic carboxylic acids is 1. The number of benzene rings is 1. The summed E-state index contributed by atoms with van der Waals surface area (Å²) in [5.74, 6) is -1.27. The fourth-order valence-corrected chi connectivity index (χ4v) is 1.82. The van der Waals surface area contributed by atoms with Crippen LogP contribution in [0.4, 0.5) is 5.69 Å². The highest BCUT2D eigenvalue weighted by Gasteiger charge is 2.15. The van der Waals surface area contributed by atoms with Crippen molar-refractivity contribution in [3.8, 4) is 11.3 Å². The van der Waals surface area contributed by atoms with E-state index in [4.69, 9.17) is 10.8 Å². The van der Waals surface area contributed by atoms with Crippen LogP contribution in [-0.2, 0) is 0 Å². The lowest BCUT2D eigenvalue weighted by Crippen LogP contribution is -2.01. The van der Waals surface area contributed by atoms with E-state index in [1.165, 1.54) is 10.7 Å². The van der Waals surface area contributed by atoms with Gasteiger partial charge in [0.05, 0.1) is 5.69 Å². The smallest absolute Gasteiger partial charge is 0.375 e. The topological polar surface area (TPSA) is 106 Å². The number of hydrogen-bond donors (Lipinski definition) is 2. The highest BCUT2D eigenvalue weighted by atomic mass is 16.4. The number of rotatable bonds is 2. The third-order valence-electron chi connectivity index (χ3n) is 2.67. The second-order valence-electron chi connectivity index (χ2n) is 3.87. The normalized spacial score (nSPS) is 10.7. The Bertz CT molecular complexity index is 781. The van der Waals surface area contributed by atoms with Crippen LogP contribution in [0.25, 0.3) is 17.0 Å². The molecule has 7 nitrogen and oxygen atoms in total. The summed E-state index contributed by atoms with van der Waals surface area (Å²) in [4.78, 5) is 18.7. The van der Waals surface area contributed by atoms with Crippen molar-refractivity contribution >= 4 is 17.4 Å². The maximum Gasteiger partial charge on any atom is 0.375 e. The number of carbonyl (C=O) groups is 1. The van der Waals surface area contributed by atoms with Crippen molar-refractivity contribution in [2.24, 2.45) is 0 Å². The Morgan fingerprint density at radius 3 is 2.79 bits per heavy atom. The summed E-state index contributed by atoms with van der Waals surface area (Å²) in [6, 6.07) is 8.95. The number of aromatic nitrogens is 4. The van der Waals surface area contributed by atoms with E-state index < -0.39 is 5.97 Å². The Morgan fingerprint density at radius 2 is 2.05 bits per heavy atom. The van der Waals surface area contributed by atoms with Gasteiger partial charge in [0.15, 0.2) is 0 Å². The summed E-state index contributed by atoms with van der Waals surface area (Å²) in [7, 11) is 0. The zero-order valence-electron chi connectivity index (χ0n) is 9.69. The Morgan fingerprint density at radius 1 is 1.26 bits per heavy atom. The Kier molecular flexibility index (Phi) is 2.38. The van der Waals surface area contributed by atoms with Gasteiger partial charge in [0.25, 0.3) is 11.6 Å². The van der Waals surface area contributed by atoms with Gasteiger partial charge in [0, 0.05) is 17.4 Å². The number of para-hydroxylation sites is 1. The summed E-state index contributed by atoms with van der Waals surface area (Å²) in [6.45, 7) is 0. The van der Waals surface area contributed by atoms with Crippen LogP contribution in [0.3, 0.4) is 0 Å². The molecule has 0 radical (unpaired) electrons. The number of anilines is 1. The van der Waals surface area contributed by atoms with Crippen LogP contribution in [0.15, 0.2) is 36.5 Å². The van der Waals surface area contributed by atoms with E-state index in [1.807, 2.05) is 18.2 Å². The molecular weight excluding hydrogens is 246 g/mol. The molecule has 0 amide bonds. The molecule has 0 spiro atoms. The van der Waals surface area contributed by atoms with Crippen LogP contribution >= 0.6 is 0 Å². The second-order valence-corrected chi connectivity index (χ2v) is 3.87. The molecule has 0 unspecified atom stereocenters. The van der Waals surface area contributed by atoms with Gasteiger partial charge in [-0.1, -0.05) is 18.2 Å². The molecule has 3 aromatic rings. The summed E-state index contributed by atoms with van der Waals surface area (Å²) in [5, 5.41) is 12.8. The van der Waals surface area contributed by atoms with Gasteiger partial charge in [-0.05, 0) is 12.1 Å². The number of fused-ring (bicyclic) bond motifs is 1. The fourth-order valence-electron chi connectivity index (χ4n) is 1.82. The Labute approximate surface area is 107 Å². The van der Waals surface area contributed by atoms with Crippen molar-refractivity contribution in [3.63, 3.8) is 0 Å². The van der Waals surface area contributed by atoms with E-state index >= 15 is 0 Å². The van der Waals surface area contributed by atoms with Crippen molar-refractivity contribution in [3.05, 3.63) is 42.4 Å². The lowest BCUT2D eigenvalue weighted by molar-refractivity contribution is 0.0684. The minimum Gasteiger partial charge on any atom is -0.475 e. The van der Waals surface area contributed by atoms with Gasteiger partial charge >= 0.3 is 5.97 Å². The Balaban J connectivity index is 2.30. The van der Waals surface area contributed by atoms with Crippen molar-refractivity contribution in [1.82, 2.24) is 19.6 Å². The van der Waals surface area contributed by atoms with Gasteiger partial charge in [0.1, 0.15) is 0 Å². The molecule has 0 aliphatic rings. The van der Waals surface area contributed by atoms with Crippen molar-refractivity contribution < 1.29 is 9.90 Å². The lowest BCUT2D eigenvalue weighted by Gasteiger charge is -2.06. The molecule has 0 bridgehead atoms. The van der Waals surface area contributed by atoms with Crippen molar-refractivity contribution in [2.45, 2.75) is 0 Å². The molecular formula is C12H9N5O2. The first kappa shape index (κ1) is 11.1. The fraction of sp³-hybridized carbons (Fsp3) is 0. The molecule has 0 aliphatic heterocycles. The zero-order valence-corrected chi connectivity index (χ0v) is 9.69. The van der Waals surface area contributed by atoms with Crippen LogP contribution in [0.5, 0.6) is 0 Å². The number of carboxylic acids is 1. The monoisotopic (exact) mass is 255 g/mol. The van der Waals surface area contributed by atoms with Crippen LogP contribution in [0, 0.1) is 0 Å². The minimum atomic E-state index is -1.20. The number of nitrogens with zero attached hydrogens (tertiary/aromatic N) is 4. The average molecular weight is 255 g/mol. The first-order valence-electron chi connectivity index (χ1n) is 5.47. The van der Waals surface area contributed by atoms with E-state index in [-0.39, 0.29) is 11.6 Å². The summed E-state index contributed by atoms with van der Waals surface area (Å²) < 4.78 is 1.37. The number of carboxylic acid groups (broad SMARTS) is 1. The molecule has 0 fully saturated rings. The van der Waals surface area contributed by atoms with Crippen LogP contribution in [0.1, 0.15) is 10.6 Å². The quantitative estimate of drug-likeness (QED) is 0.663. The molecule has 3 rings (SSSR count). The van der Waals surface area contributed by atoms with Crippen LogP contribution < -0.4 is 5.73 Å². The maximum atomic E-state index is 10.9. The first-order chi connectivity index (χ1) is 9.16. The number of nitrogens with two attached hydrogens (primary N) is 1. The molecule has 0 saturated heterocycles. The second kappa shape index (κ2) is 4.05. The van der Waals surface area contributed by atoms with Gasteiger partial charge < -0.3 is 10.8 Å². The maximum absolute atomic E-state index is 10.9. The molecule has 0 saturated carbocycles. The molecule has 1 aromatic carbocycles. The van der Waals surface area contributed by atoms with Gasteiger partial charge in [-0.2, -0.15) is 9.50 Å². The first-order valence-corrected chi connectivity index (χ1v) is 5.47. The predicted octanol–water partition coefficient (Wildman–Crippen LogP) is 1.07. The molecule has 19 heavy (non-hydrogen) atoms. The Hall–Kier alpha value is -2.96. The SMILES string of the molecule is Nc1ccccc1-c1ccnc2nc(C(=O)O)nn12. The summed E-state index contributed by atoms with van der Waals surface area (Å²) >= 11 is 0. The van der Waals surface area contributed by atoms with Gasteiger partial charge in [-0.3, -0.25) is 0 Å². The average Bonchev–Trinajstić information content (AvgIpc) is 2.83. The number of hydrogen-bond acceptors (Lipinski definition) is 5. The highest BCUT2D eigenvalue weighted by Crippen LogP contribution is 2.24. The van der Waals surface area contributed by atoms with Gasteiger partial charge in [0.2, 0.25) is 0 Å². The third kappa shape index (κ3) is 1.77. The largest absolute Gasteiger partial charge is 0.475 e. The molecule has 94 valence electrons. The highest BCUT2D eigenvalue weighted by molar-refractivity contribution is 5.84. The van der Waals surface area contributed by atoms with Gasteiger partial charge in [-0.25, -0.2) is 9.78 Å².